The zero-order valence-electron chi connectivity index (χ0n) is 20.6. The smallest absolute Gasteiger partial charge is 0.321 e. The number of aliphatic hydroxyl groups is 1. The first kappa shape index (κ1) is 25.0. The third-order valence-electron chi connectivity index (χ3n) is 6.92. The number of amides is 2. The molecule has 1 N–H and O–H groups in total. The lowest BCUT2D eigenvalue weighted by atomic mass is 9.88. The number of hydrogen-bond donors (Lipinski definition) is 1. The van der Waals surface area contributed by atoms with Crippen LogP contribution >= 0.6 is 0 Å². The van der Waals surface area contributed by atoms with E-state index in [2.05, 4.69) is 30.2 Å². The molecule has 1 aromatic rings. The molecule has 2 aliphatic heterocycles. The van der Waals surface area contributed by atoms with E-state index in [4.69, 9.17) is 0 Å². The largest absolute Gasteiger partial charge is 0.393 e. The summed E-state index contributed by atoms with van der Waals surface area (Å²) in [6, 6.07) is 10.3. The Morgan fingerprint density at radius 1 is 1.18 bits per heavy atom. The molecule has 2 atom stereocenters. The lowest BCUT2D eigenvalue weighted by molar-refractivity contribution is 0.0966. The van der Waals surface area contributed by atoms with E-state index in [1.165, 1.54) is 0 Å². The molecule has 2 heterocycles. The van der Waals surface area contributed by atoms with E-state index in [-0.39, 0.29) is 18.7 Å². The van der Waals surface area contributed by atoms with Gasteiger partial charge < -0.3 is 19.8 Å². The van der Waals surface area contributed by atoms with Crippen molar-refractivity contribution in [2.45, 2.75) is 44.7 Å². The molecule has 0 bridgehead atoms. The van der Waals surface area contributed by atoms with Crippen LogP contribution in [-0.2, 0) is 0 Å². The molecule has 5 nitrogen and oxygen atoms in total. The van der Waals surface area contributed by atoms with Crippen molar-refractivity contribution in [3.63, 3.8) is 0 Å². The highest BCUT2D eigenvalue weighted by molar-refractivity contribution is 5.84. The van der Waals surface area contributed by atoms with E-state index in [0.717, 1.165) is 49.1 Å². The summed E-state index contributed by atoms with van der Waals surface area (Å²) in [7, 11) is 4.07. The number of urea groups is 1. The minimum atomic E-state index is -0.913. The molecule has 1 aromatic carbocycles. The van der Waals surface area contributed by atoms with Crippen molar-refractivity contribution in [2.24, 2.45) is 0 Å². The van der Waals surface area contributed by atoms with Crippen LogP contribution in [-0.4, -0.2) is 77.8 Å². The SMILES string of the molecule is C\C=C/C=C(\C=C/C)[C@]1(CO)C=C(c2ccccc2)CN1C(=O)N(C)C1CCCN(C)CC1. The lowest BCUT2D eigenvalue weighted by Gasteiger charge is -2.41. The van der Waals surface area contributed by atoms with Crippen LogP contribution in [0.15, 0.2) is 72.4 Å². The van der Waals surface area contributed by atoms with E-state index < -0.39 is 5.54 Å². The summed E-state index contributed by atoms with van der Waals surface area (Å²) in [6.07, 6.45) is 15.0. The summed E-state index contributed by atoms with van der Waals surface area (Å²) in [5.74, 6) is 0. The zero-order chi connectivity index (χ0) is 23.8. The average Bonchev–Trinajstić information content (AvgIpc) is 3.11. The minimum absolute atomic E-state index is 0.0309. The van der Waals surface area contributed by atoms with Gasteiger partial charge in [-0.15, -0.1) is 0 Å². The second-order valence-electron chi connectivity index (χ2n) is 9.13. The van der Waals surface area contributed by atoms with Crippen molar-refractivity contribution in [2.75, 3.05) is 40.3 Å². The van der Waals surface area contributed by atoms with Gasteiger partial charge in [0.05, 0.1) is 6.61 Å². The van der Waals surface area contributed by atoms with Crippen LogP contribution in [0.3, 0.4) is 0 Å². The maximum atomic E-state index is 14.0. The average molecular weight is 450 g/mol. The number of carbonyl (C=O) groups is 1. The molecule has 1 saturated heterocycles. The molecule has 2 amide bonds. The second-order valence-corrected chi connectivity index (χ2v) is 9.13. The van der Waals surface area contributed by atoms with E-state index in [9.17, 15) is 9.90 Å². The standard InChI is InChI=1S/C28H39N3O2/c1-5-7-15-25(12-6-2)28(22-32)20-24(23-13-9-8-10-14-23)21-31(28)27(33)30(4)26-16-11-18-29(3)19-17-26/h5-10,12-15,20,26,32H,11,16-19,21-22H2,1-4H3/b7-5-,12-6-,25-15+/t26?,28-/m1/s1. The molecule has 0 saturated carbocycles. The lowest BCUT2D eigenvalue weighted by Crippen LogP contribution is -2.56. The Kier molecular flexibility index (Phi) is 8.70. The number of benzene rings is 1. The predicted octanol–water partition coefficient (Wildman–Crippen LogP) is 4.73. The van der Waals surface area contributed by atoms with E-state index >= 15 is 0 Å². The molecule has 33 heavy (non-hydrogen) atoms. The van der Waals surface area contributed by atoms with Crippen molar-refractivity contribution in [3.8, 4) is 0 Å². The number of rotatable bonds is 6. The molecule has 1 unspecified atom stereocenters. The van der Waals surface area contributed by atoms with Crippen LogP contribution in [0.1, 0.15) is 38.7 Å². The highest BCUT2D eigenvalue weighted by Gasteiger charge is 2.46. The zero-order valence-corrected chi connectivity index (χ0v) is 20.6. The van der Waals surface area contributed by atoms with E-state index in [1.54, 1.807) is 0 Å². The molecular weight excluding hydrogens is 410 g/mol. The number of carbonyl (C=O) groups excluding carboxylic acids is 1. The highest BCUT2D eigenvalue weighted by Crippen LogP contribution is 2.39. The molecular formula is C28H39N3O2. The van der Waals surface area contributed by atoms with Crippen molar-refractivity contribution >= 4 is 11.6 Å². The normalized spacial score (nSPS) is 25.0. The Morgan fingerprint density at radius 3 is 2.61 bits per heavy atom. The molecule has 5 heteroatoms. The third kappa shape index (κ3) is 5.48. The van der Waals surface area contributed by atoms with Crippen LogP contribution < -0.4 is 0 Å². The Hall–Kier alpha value is -2.63. The van der Waals surface area contributed by atoms with Crippen LogP contribution in [0.25, 0.3) is 5.57 Å². The van der Waals surface area contributed by atoms with Gasteiger partial charge in [0.1, 0.15) is 5.54 Å². The highest BCUT2D eigenvalue weighted by atomic mass is 16.3. The monoisotopic (exact) mass is 449 g/mol. The molecule has 1 fully saturated rings. The number of likely N-dealkylation sites (tertiary alicyclic amines) is 1. The second kappa shape index (κ2) is 11.5. The van der Waals surface area contributed by atoms with Crippen molar-refractivity contribution < 1.29 is 9.90 Å². The summed E-state index contributed by atoms with van der Waals surface area (Å²) >= 11 is 0. The molecule has 0 spiro atoms. The van der Waals surface area contributed by atoms with Crippen molar-refractivity contribution in [1.29, 1.82) is 0 Å². The molecule has 0 aliphatic carbocycles. The van der Waals surface area contributed by atoms with E-state index in [0.29, 0.717) is 6.54 Å². The maximum absolute atomic E-state index is 14.0. The van der Waals surface area contributed by atoms with Gasteiger partial charge in [-0.1, -0.05) is 60.7 Å². The van der Waals surface area contributed by atoms with E-state index in [1.807, 2.05) is 79.3 Å². The van der Waals surface area contributed by atoms with Gasteiger partial charge in [-0.25, -0.2) is 4.79 Å². The number of allylic oxidation sites excluding steroid dienone is 4. The number of aliphatic hydroxyl groups excluding tert-OH is 1. The van der Waals surface area contributed by atoms with Gasteiger partial charge in [-0.3, -0.25) is 0 Å². The van der Waals surface area contributed by atoms with Crippen LogP contribution in [0.2, 0.25) is 0 Å². The van der Waals surface area contributed by atoms with Gasteiger partial charge in [-0.05, 0) is 76.0 Å². The van der Waals surface area contributed by atoms with Gasteiger partial charge in [-0.2, -0.15) is 0 Å². The fourth-order valence-corrected chi connectivity index (χ4v) is 4.93. The van der Waals surface area contributed by atoms with Gasteiger partial charge in [0, 0.05) is 19.6 Å². The first-order valence-corrected chi connectivity index (χ1v) is 12.0. The quantitative estimate of drug-likeness (QED) is 0.639. The molecule has 0 aromatic heterocycles. The summed E-state index contributed by atoms with van der Waals surface area (Å²) < 4.78 is 0. The Bertz CT molecular complexity index is 918. The Morgan fingerprint density at radius 2 is 1.94 bits per heavy atom. The summed E-state index contributed by atoms with van der Waals surface area (Å²) in [5, 5.41) is 10.8. The first-order chi connectivity index (χ1) is 16.0. The fraction of sp³-hybridized carbons (Fsp3) is 0.464. The molecule has 0 radical (unpaired) electrons. The van der Waals surface area contributed by atoms with Gasteiger partial charge in [0.25, 0.3) is 0 Å². The van der Waals surface area contributed by atoms with Crippen molar-refractivity contribution in [1.82, 2.24) is 14.7 Å². The number of nitrogens with zero attached hydrogens (tertiary/aromatic N) is 3. The van der Waals surface area contributed by atoms with Gasteiger partial charge >= 0.3 is 6.03 Å². The Balaban J connectivity index is 2.02. The first-order valence-electron chi connectivity index (χ1n) is 12.0. The van der Waals surface area contributed by atoms with Gasteiger partial charge in [0.15, 0.2) is 0 Å². The minimum Gasteiger partial charge on any atom is -0.393 e. The van der Waals surface area contributed by atoms with Gasteiger partial charge in [0.2, 0.25) is 0 Å². The topological polar surface area (TPSA) is 47.0 Å². The number of hydrogen-bond acceptors (Lipinski definition) is 3. The van der Waals surface area contributed by atoms with Crippen molar-refractivity contribution in [3.05, 3.63) is 77.9 Å². The fourth-order valence-electron chi connectivity index (χ4n) is 4.93. The van der Waals surface area contributed by atoms with Crippen LogP contribution in [0.5, 0.6) is 0 Å². The predicted molar refractivity (Wildman–Crippen MR) is 137 cm³/mol. The Labute approximate surface area is 199 Å². The summed E-state index contributed by atoms with van der Waals surface area (Å²) in [4.78, 5) is 20.1. The third-order valence-corrected chi connectivity index (χ3v) is 6.92. The molecule has 178 valence electrons. The maximum Gasteiger partial charge on any atom is 0.321 e. The molecule has 2 aliphatic rings. The summed E-state index contributed by atoms with van der Waals surface area (Å²) in [6.45, 7) is 6.28. The summed E-state index contributed by atoms with van der Waals surface area (Å²) in [5.41, 5.74) is 2.13. The molecule has 3 rings (SSSR count). The van der Waals surface area contributed by atoms with Crippen LogP contribution in [0.4, 0.5) is 4.79 Å². The van der Waals surface area contributed by atoms with Crippen LogP contribution in [0, 0.1) is 0 Å².